The van der Waals surface area contributed by atoms with E-state index in [-0.39, 0.29) is 17.7 Å². The number of alkyl halides is 2. The Morgan fingerprint density at radius 3 is 2.25 bits per heavy atom. The molecule has 0 bridgehead atoms. The zero-order chi connectivity index (χ0) is 15.7. The molecule has 6 heteroatoms. The number of carboxylic acids is 1. The van der Waals surface area contributed by atoms with E-state index in [1.165, 1.54) is 21.0 Å². The van der Waals surface area contributed by atoms with Crippen LogP contribution in [0.2, 0.25) is 0 Å². The third kappa shape index (κ3) is 3.43. The number of benzene rings is 1. The fraction of sp³-hybridized carbons (Fsp3) is 0.500. The number of ether oxygens (including phenoxy) is 1. The minimum absolute atomic E-state index is 0.108. The maximum Gasteiger partial charge on any atom is 0.309 e. The Morgan fingerprint density at radius 1 is 1.30 bits per heavy atom. The van der Waals surface area contributed by atoms with E-state index in [1.54, 1.807) is 0 Å². The van der Waals surface area contributed by atoms with Gasteiger partial charge in [0.2, 0.25) is 0 Å². The lowest BCUT2D eigenvalue weighted by molar-refractivity contribution is -0.146. The normalized spacial score (nSPS) is 12.3. The molecular formula is C14H17F3O3. The Balaban J connectivity index is 3.36. The Morgan fingerprint density at radius 2 is 1.85 bits per heavy atom. The molecule has 3 nitrogen and oxygen atoms in total. The van der Waals surface area contributed by atoms with Gasteiger partial charge in [-0.1, -0.05) is 0 Å². The first-order chi connectivity index (χ1) is 8.99. The molecular weight excluding hydrogens is 273 g/mol. The first-order valence-corrected chi connectivity index (χ1v) is 5.97. The third-order valence-electron chi connectivity index (χ3n) is 3.04. The monoisotopic (exact) mass is 290 g/mol. The van der Waals surface area contributed by atoms with Crippen LogP contribution in [0.1, 0.15) is 31.9 Å². The second-order valence-corrected chi connectivity index (χ2v) is 5.40. The first-order valence-electron chi connectivity index (χ1n) is 5.97. The maximum absolute atomic E-state index is 13.8. The predicted molar refractivity (Wildman–Crippen MR) is 67.6 cm³/mol. The summed E-state index contributed by atoms with van der Waals surface area (Å²) >= 11 is 0. The van der Waals surface area contributed by atoms with E-state index in [0.717, 1.165) is 6.07 Å². The van der Waals surface area contributed by atoms with E-state index in [0.29, 0.717) is 13.0 Å². The third-order valence-corrected chi connectivity index (χ3v) is 3.04. The summed E-state index contributed by atoms with van der Waals surface area (Å²) in [7, 11) is 1.21. The molecule has 0 radical (unpaired) electrons. The van der Waals surface area contributed by atoms with Crippen LogP contribution in [0.3, 0.4) is 0 Å². The van der Waals surface area contributed by atoms with Crippen LogP contribution in [0.4, 0.5) is 13.2 Å². The number of methoxy groups -OCH3 is 1. The molecule has 1 rings (SSSR count). The molecule has 0 spiro atoms. The van der Waals surface area contributed by atoms with Crippen molar-refractivity contribution < 1.29 is 27.8 Å². The van der Waals surface area contributed by atoms with Crippen LogP contribution >= 0.6 is 0 Å². The summed E-state index contributed by atoms with van der Waals surface area (Å²) in [5, 5.41) is 9.08. The molecule has 0 heterocycles. The van der Waals surface area contributed by atoms with Gasteiger partial charge in [-0.2, -0.15) is 0 Å². The fourth-order valence-electron chi connectivity index (χ4n) is 1.82. The van der Waals surface area contributed by atoms with Gasteiger partial charge in [-0.25, -0.2) is 13.2 Å². The second kappa shape index (κ2) is 5.34. The highest BCUT2D eigenvalue weighted by Gasteiger charge is 2.32. The first kappa shape index (κ1) is 16.3. The van der Waals surface area contributed by atoms with Crippen molar-refractivity contribution in [2.75, 3.05) is 7.11 Å². The Labute approximate surface area is 115 Å². The topological polar surface area (TPSA) is 46.5 Å². The molecule has 0 fully saturated rings. The van der Waals surface area contributed by atoms with Crippen LogP contribution in [-0.4, -0.2) is 18.2 Å². The summed E-state index contributed by atoms with van der Waals surface area (Å²) in [6.45, 7) is 3.52. The van der Waals surface area contributed by atoms with Crippen molar-refractivity contribution >= 4 is 5.97 Å². The molecule has 0 saturated carbocycles. The van der Waals surface area contributed by atoms with Crippen LogP contribution in [0, 0.1) is 11.2 Å². The van der Waals surface area contributed by atoms with Gasteiger partial charge in [0, 0.05) is 12.5 Å². The van der Waals surface area contributed by atoms with Gasteiger partial charge in [0.25, 0.3) is 5.92 Å². The van der Waals surface area contributed by atoms with Crippen molar-refractivity contribution in [3.05, 3.63) is 29.1 Å². The average Bonchev–Trinajstić information content (AvgIpc) is 2.26. The van der Waals surface area contributed by atoms with Crippen LogP contribution in [0.15, 0.2) is 12.1 Å². The summed E-state index contributed by atoms with van der Waals surface area (Å²) in [5.41, 5.74) is -1.62. The van der Waals surface area contributed by atoms with E-state index in [2.05, 4.69) is 0 Å². The zero-order valence-corrected chi connectivity index (χ0v) is 11.8. The molecule has 20 heavy (non-hydrogen) atoms. The van der Waals surface area contributed by atoms with Gasteiger partial charge in [0.05, 0.1) is 12.5 Å². The molecule has 0 aliphatic heterocycles. The van der Waals surface area contributed by atoms with Gasteiger partial charge in [-0.3, -0.25) is 4.79 Å². The van der Waals surface area contributed by atoms with Crippen LogP contribution in [-0.2, 0) is 17.1 Å². The fourth-order valence-corrected chi connectivity index (χ4v) is 1.82. The summed E-state index contributed by atoms with van der Waals surface area (Å²) < 4.78 is 45.3. The summed E-state index contributed by atoms with van der Waals surface area (Å²) in [4.78, 5) is 11.1. The number of hydrogen-bond acceptors (Lipinski definition) is 2. The van der Waals surface area contributed by atoms with Gasteiger partial charge < -0.3 is 9.84 Å². The van der Waals surface area contributed by atoms with Gasteiger partial charge in [0.1, 0.15) is 0 Å². The average molecular weight is 290 g/mol. The van der Waals surface area contributed by atoms with E-state index in [4.69, 9.17) is 9.84 Å². The van der Waals surface area contributed by atoms with Crippen molar-refractivity contribution in [1.82, 2.24) is 0 Å². The van der Waals surface area contributed by atoms with E-state index < -0.39 is 28.7 Å². The molecule has 0 amide bonds. The summed E-state index contributed by atoms with van der Waals surface area (Å²) in [6, 6.07) is 1.79. The van der Waals surface area contributed by atoms with Crippen LogP contribution in [0.5, 0.6) is 5.75 Å². The number of carboxylic acid groups (broad SMARTS) is 1. The Bertz CT molecular complexity index is 519. The lowest BCUT2D eigenvalue weighted by Crippen LogP contribution is -2.26. The van der Waals surface area contributed by atoms with Crippen LogP contribution in [0.25, 0.3) is 0 Å². The van der Waals surface area contributed by atoms with Crippen molar-refractivity contribution in [2.45, 2.75) is 33.1 Å². The molecule has 0 aromatic heterocycles. The lowest BCUT2D eigenvalue weighted by Gasteiger charge is -2.22. The van der Waals surface area contributed by atoms with Crippen molar-refractivity contribution in [3.63, 3.8) is 0 Å². The molecule has 0 atom stereocenters. The number of carbonyl (C=O) groups is 1. The summed E-state index contributed by atoms with van der Waals surface area (Å²) in [6.07, 6.45) is -0.119. The smallest absolute Gasteiger partial charge is 0.309 e. The molecule has 1 aromatic carbocycles. The molecule has 112 valence electrons. The number of halogens is 3. The van der Waals surface area contributed by atoms with Crippen molar-refractivity contribution in [3.8, 4) is 5.75 Å². The molecule has 0 aliphatic rings. The predicted octanol–water partition coefficient (Wildman–Crippen LogP) is 3.60. The van der Waals surface area contributed by atoms with Gasteiger partial charge in [-0.15, -0.1) is 0 Å². The van der Waals surface area contributed by atoms with E-state index in [1.807, 2.05) is 0 Å². The van der Waals surface area contributed by atoms with Crippen molar-refractivity contribution in [2.24, 2.45) is 5.41 Å². The Kier molecular flexibility index (Phi) is 4.36. The quantitative estimate of drug-likeness (QED) is 0.901. The zero-order valence-electron chi connectivity index (χ0n) is 11.8. The number of aliphatic carboxylic acids is 1. The number of hydrogen-bond donors (Lipinski definition) is 1. The maximum atomic E-state index is 13.8. The standard InChI is InChI=1S/C14H17F3O3/c1-13(2,12(18)19)7-8-5-9(14(3,16)17)6-10(15)11(8)20-4/h5-6H,7H2,1-4H3,(H,18,19). The minimum atomic E-state index is -3.21. The minimum Gasteiger partial charge on any atom is -0.493 e. The van der Waals surface area contributed by atoms with Gasteiger partial charge >= 0.3 is 5.97 Å². The van der Waals surface area contributed by atoms with Crippen LogP contribution < -0.4 is 4.74 Å². The van der Waals surface area contributed by atoms with Crippen molar-refractivity contribution in [1.29, 1.82) is 0 Å². The Hall–Kier alpha value is -1.72. The van der Waals surface area contributed by atoms with Gasteiger partial charge in [0.15, 0.2) is 11.6 Å². The molecule has 0 aliphatic carbocycles. The SMILES string of the molecule is COc1c(F)cc(C(C)(F)F)cc1CC(C)(C)C(=O)O. The summed E-state index contributed by atoms with van der Waals surface area (Å²) in [5.74, 6) is -5.45. The lowest BCUT2D eigenvalue weighted by atomic mass is 9.84. The molecule has 0 unspecified atom stereocenters. The van der Waals surface area contributed by atoms with Gasteiger partial charge in [-0.05, 0) is 38.0 Å². The highest BCUT2D eigenvalue weighted by molar-refractivity contribution is 5.74. The molecule has 1 N–H and O–H groups in total. The number of rotatable bonds is 5. The van der Waals surface area contributed by atoms with E-state index in [9.17, 15) is 18.0 Å². The van der Waals surface area contributed by atoms with E-state index >= 15 is 0 Å². The second-order valence-electron chi connectivity index (χ2n) is 5.40. The highest BCUT2D eigenvalue weighted by atomic mass is 19.3. The molecule has 1 aromatic rings. The molecule has 0 saturated heterocycles. The largest absolute Gasteiger partial charge is 0.493 e. The highest BCUT2D eigenvalue weighted by Crippen LogP contribution is 2.36.